The fourth-order valence-electron chi connectivity index (χ4n) is 2.35. The summed E-state index contributed by atoms with van der Waals surface area (Å²) < 4.78 is 0. The van der Waals surface area contributed by atoms with Gasteiger partial charge in [-0.3, -0.25) is 9.59 Å². The summed E-state index contributed by atoms with van der Waals surface area (Å²) in [5, 5.41) is 7.81. The predicted molar refractivity (Wildman–Crippen MR) is 77.6 cm³/mol. The maximum Gasteiger partial charge on any atom is 0.304 e. The minimum Gasteiger partial charge on any atom is -0.349 e. The van der Waals surface area contributed by atoms with Gasteiger partial charge < -0.3 is 15.6 Å². The van der Waals surface area contributed by atoms with Gasteiger partial charge in [-0.1, -0.05) is 35.6 Å². The number of nitrogens with one attached hydrogen (secondary N) is 3. The fraction of sp³-hybridized carbons (Fsp3) is 0.286. The molecule has 2 heterocycles. The Bertz CT molecular complexity index is 677. The van der Waals surface area contributed by atoms with Crippen LogP contribution in [-0.4, -0.2) is 16.9 Å². The summed E-state index contributed by atoms with van der Waals surface area (Å²) >= 11 is 1.10. The monoisotopic (exact) mass is 289 g/mol. The number of aromatic amines is 1. The Morgan fingerprint density at radius 2 is 2.15 bits per heavy atom. The van der Waals surface area contributed by atoms with Crippen LogP contribution in [0.5, 0.6) is 0 Å². The number of thiazole rings is 1. The number of hydrogen-bond acceptors (Lipinski definition) is 4. The second-order valence-electron chi connectivity index (χ2n) is 4.80. The maximum atomic E-state index is 12.1. The first-order chi connectivity index (χ1) is 9.72. The van der Waals surface area contributed by atoms with Crippen LogP contribution in [0.15, 0.2) is 34.4 Å². The molecule has 1 aromatic heterocycles. The molecular weight excluding hydrogens is 274 g/mol. The lowest BCUT2D eigenvalue weighted by Gasteiger charge is -2.25. The molecule has 2 aromatic rings. The van der Waals surface area contributed by atoms with Crippen molar-refractivity contribution in [2.75, 3.05) is 0 Å². The third-order valence-corrected chi connectivity index (χ3v) is 4.14. The van der Waals surface area contributed by atoms with Crippen molar-refractivity contribution in [1.29, 1.82) is 0 Å². The molecule has 104 valence electrons. The molecular formula is C14H15N3O2S. The molecule has 1 atom stereocenters. The summed E-state index contributed by atoms with van der Waals surface area (Å²) in [6.45, 7) is 1.07. The van der Waals surface area contributed by atoms with E-state index in [1.807, 2.05) is 12.1 Å². The highest BCUT2D eigenvalue weighted by molar-refractivity contribution is 7.07. The van der Waals surface area contributed by atoms with Crippen LogP contribution in [-0.2, 0) is 24.3 Å². The molecule has 0 bridgehead atoms. The summed E-state index contributed by atoms with van der Waals surface area (Å²) in [4.78, 5) is 25.7. The number of benzene rings is 1. The summed E-state index contributed by atoms with van der Waals surface area (Å²) in [6, 6.07) is 7.93. The molecule has 0 saturated heterocycles. The molecule has 0 spiro atoms. The first-order valence-corrected chi connectivity index (χ1v) is 7.35. The first kappa shape index (κ1) is 13.1. The lowest BCUT2D eigenvalue weighted by molar-refractivity contribution is -0.123. The highest BCUT2D eigenvalue weighted by Gasteiger charge is 2.23. The van der Waals surface area contributed by atoms with Gasteiger partial charge in [-0.2, -0.15) is 0 Å². The Hall–Kier alpha value is -1.92. The highest BCUT2D eigenvalue weighted by atomic mass is 32.1. The molecule has 0 saturated carbocycles. The lowest BCUT2D eigenvalue weighted by atomic mass is 9.95. The van der Waals surface area contributed by atoms with E-state index in [2.05, 4.69) is 27.8 Å². The van der Waals surface area contributed by atoms with E-state index in [4.69, 9.17) is 0 Å². The summed E-state index contributed by atoms with van der Waals surface area (Å²) in [7, 11) is 0. The van der Waals surface area contributed by atoms with Crippen LogP contribution in [0.1, 0.15) is 16.8 Å². The minimum atomic E-state index is -0.213. The van der Waals surface area contributed by atoms with E-state index in [0.717, 1.165) is 17.0 Å². The van der Waals surface area contributed by atoms with Gasteiger partial charge in [0.25, 0.3) is 0 Å². The van der Waals surface area contributed by atoms with Crippen LogP contribution in [0.4, 0.5) is 0 Å². The predicted octanol–water partition coefficient (Wildman–Crippen LogP) is 0.767. The van der Waals surface area contributed by atoms with Crippen molar-refractivity contribution in [1.82, 2.24) is 15.6 Å². The number of aromatic nitrogens is 1. The molecule has 1 aliphatic rings. The van der Waals surface area contributed by atoms with Crippen molar-refractivity contribution in [3.8, 4) is 0 Å². The molecule has 0 aliphatic carbocycles. The highest BCUT2D eigenvalue weighted by Crippen LogP contribution is 2.16. The van der Waals surface area contributed by atoms with Crippen molar-refractivity contribution in [3.63, 3.8) is 0 Å². The van der Waals surface area contributed by atoms with Gasteiger partial charge in [0.05, 0.1) is 12.6 Å². The van der Waals surface area contributed by atoms with Gasteiger partial charge in [-0.05, 0) is 17.5 Å². The molecule has 3 rings (SSSR count). The smallest absolute Gasteiger partial charge is 0.304 e. The Labute approximate surface area is 120 Å². The Morgan fingerprint density at radius 3 is 2.90 bits per heavy atom. The van der Waals surface area contributed by atoms with Crippen molar-refractivity contribution < 1.29 is 4.79 Å². The third kappa shape index (κ3) is 2.81. The summed E-state index contributed by atoms with van der Waals surface area (Å²) in [5.41, 5.74) is 3.21. The number of hydrogen-bond donors (Lipinski definition) is 3. The number of amides is 1. The van der Waals surface area contributed by atoms with E-state index in [1.54, 1.807) is 5.38 Å². The number of carbonyl (C=O) groups is 1. The largest absolute Gasteiger partial charge is 0.349 e. The SMILES string of the molecule is O=C(NCc1csc(=O)[nH]1)[C@H]1Cc2ccccc2CN1. The average molecular weight is 289 g/mol. The molecule has 20 heavy (non-hydrogen) atoms. The van der Waals surface area contributed by atoms with Gasteiger partial charge in [0.2, 0.25) is 5.91 Å². The van der Waals surface area contributed by atoms with Gasteiger partial charge in [0.1, 0.15) is 0 Å². The van der Waals surface area contributed by atoms with Crippen molar-refractivity contribution >= 4 is 17.2 Å². The van der Waals surface area contributed by atoms with E-state index in [1.165, 1.54) is 11.1 Å². The first-order valence-electron chi connectivity index (χ1n) is 6.47. The Kier molecular flexibility index (Phi) is 3.66. The summed E-state index contributed by atoms with van der Waals surface area (Å²) in [5.74, 6) is -0.0356. The lowest BCUT2D eigenvalue weighted by Crippen LogP contribution is -2.47. The van der Waals surface area contributed by atoms with E-state index >= 15 is 0 Å². The van der Waals surface area contributed by atoms with E-state index < -0.39 is 0 Å². The van der Waals surface area contributed by atoms with Gasteiger partial charge >= 0.3 is 4.87 Å². The molecule has 1 aromatic carbocycles. The van der Waals surface area contributed by atoms with Crippen LogP contribution in [0.25, 0.3) is 0 Å². The molecule has 0 fully saturated rings. The number of rotatable bonds is 3. The average Bonchev–Trinajstić information content (AvgIpc) is 2.90. The standard InChI is InChI=1S/C14H15N3O2S/c18-13(16-7-11-8-20-14(19)17-11)12-5-9-3-1-2-4-10(9)6-15-12/h1-4,8,12,15H,5-7H2,(H,16,18)(H,17,19)/t12-/m1/s1. The van der Waals surface area contributed by atoms with E-state index in [0.29, 0.717) is 19.5 Å². The second kappa shape index (κ2) is 5.60. The topological polar surface area (TPSA) is 74.0 Å². The molecule has 1 aliphatic heterocycles. The van der Waals surface area contributed by atoms with Gasteiger partial charge in [0.15, 0.2) is 0 Å². The molecule has 0 unspecified atom stereocenters. The molecule has 3 N–H and O–H groups in total. The zero-order valence-corrected chi connectivity index (χ0v) is 11.6. The van der Waals surface area contributed by atoms with Crippen LogP contribution in [0, 0.1) is 0 Å². The zero-order chi connectivity index (χ0) is 13.9. The van der Waals surface area contributed by atoms with Gasteiger partial charge in [-0.25, -0.2) is 0 Å². The molecule has 0 radical (unpaired) electrons. The molecule has 1 amide bonds. The van der Waals surface area contributed by atoms with E-state index in [9.17, 15) is 9.59 Å². The molecule has 5 nitrogen and oxygen atoms in total. The van der Waals surface area contributed by atoms with Crippen LogP contribution < -0.4 is 15.5 Å². The number of H-pyrrole nitrogens is 1. The van der Waals surface area contributed by atoms with Crippen molar-refractivity contribution in [2.24, 2.45) is 0 Å². The number of fused-ring (bicyclic) bond motifs is 1. The quantitative estimate of drug-likeness (QED) is 0.781. The van der Waals surface area contributed by atoms with Crippen LogP contribution in [0.2, 0.25) is 0 Å². The van der Waals surface area contributed by atoms with Crippen molar-refractivity contribution in [2.45, 2.75) is 25.6 Å². The summed E-state index contributed by atoms with van der Waals surface area (Å²) in [6.07, 6.45) is 0.697. The minimum absolute atomic E-state index is 0.0356. The van der Waals surface area contributed by atoms with Crippen molar-refractivity contribution in [3.05, 3.63) is 56.1 Å². The third-order valence-electron chi connectivity index (χ3n) is 3.42. The normalized spacial score (nSPS) is 17.5. The number of carbonyl (C=O) groups excluding carboxylic acids is 1. The molecule has 6 heteroatoms. The Morgan fingerprint density at radius 1 is 1.35 bits per heavy atom. The fourth-order valence-corrected chi connectivity index (χ4v) is 2.93. The van der Waals surface area contributed by atoms with Gasteiger partial charge in [-0.15, -0.1) is 0 Å². The van der Waals surface area contributed by atoms with Crippen LogP contribution in [0.3, 0.4) is 0 Å². The van der Waals surface area contributed by atoms with Crippen LogP contribution >= 0.6 is 11.3 Å². The maximum absolute atomic E-state index is 12.1. The Balaban J connectivity index is 1.60. The van der Waals surface area contributed by atoms with Gasteiger partial charge in [0, 0.05) is 17.6 Å². The van der Waals surface area contributed by atoms with E-state index in [-0.39, 0.29) is 16.8 Å². The zero-order valence-electron chi connectivity index (χ0n) is 10.8. The second-order valence-corrected chi connectivity index (χ2v) is 5.64.